The largest absolute Gasteiger partial charge is 0.457 e. The van der Waals surface area contributed by atoms with Crippen molar-refractivity contribution in [3.63, 3.8) is 0 Å². The topological polar surface area (TPSA) is 35.2 Å². The fourth-order valence-corrected chi connectivity index (χ4v) is 2.35. The summed E-state index contributed by atoms with van der Waals surface area (Å²) >= 11 is 11.2. The van der Waals surface area contributed by atoms with E-state index in [0.717, 1.165) is 33.9 Å². The average molecular weight is 306 g/mol. The van der Waals surface area contributed by atoms with Crippen molar-refractivity contribution in [2.45, 2.75) is 20.3 Å². The minimum absolute atomic E-state index is 0.324. The lowest BCUT2D eigenvalue weighted by atomic mass is 10.1. The number of nitrogens with two attached hydrogens (primary N) is 1. The van der Waals surface area contributed by atoms with Crippen molar-refractivity contribution in [2.75, 3.05) is 0 Å². The molecule has 0 spiro atoms. The summed E-state index contributed by atoms with van der Waals surface area (Å²) in [6.07, 6.45) is 0.853. The fourth-order valence-electron chi connectivity index (χ4n) is 1.93. The second-order valence-corrected chi connectivity index (χ2v) is 5.42. The lowest BCUT2D eigenvalue weighted by Gasteiger charge is -2.12. The Morgan fingerprint density at radius 2 is 2.00 bits per heavy atom. The molecule has 2 nitrogen and oxygen atoms in total. The molecule has 2 rings (SSSR count). The van der Waals surface area contributed by atoms with Gasteiger partial charge in [0.2, 0.25) is 0 Å². The zero-order valence-corrected chi connectivity index (χ0v) is 13.0. The van der Waals surface area contributed by atoms with Crippen LogP contribution in [-0.2, 0) is 6.42 Å². The van der Waals surface area contributed by atoms with Crippen molar-refractivity contribution in [1.82, 2.24) is 0 Å². The van der Waals surface area contributed by atoms with Gasteiger partial charge in [-0.15, -0.1) is 0 Å². The molecule has 0 amide bonds. The maximum absolute atomic E-state index is 6.11. The molecule has 0 saturated heterocycles. The molecule has 20 heavy (non-hydrogen) atoms. The predicted octanol–water partition coefficient (Wildman–Crippen LogP) is 4.64. The first-order valence-electron chi connectivity index (χ1n) is 6.38. The summed E-state index contributed by atoms with van der Waals surface area (Å²) in [7, 11) is 0. The van der Waals surface area contributed by atoms with Crippen LogP contribution in [0.25, 0.3) is 0 Å². The summed E-state index contributed by atoms with van der Waals surface area (Å²) in [4.78, 5) is 0.324. The molecule has 0 fully saturated rings. The van der Waals surface area contributed by atoms with Gasteiger partial charge in [-0.2, -0.15) is 0 Å². The number of ether oxygens (including phenoxy) is 1. The number of benzene rings is 2. The molecule has 0 radical (unpaired) electrons. The highest BCUT2D eigenvalue weighted by Gasteiger charge is 2.09. The number of hydrogen-bond acceptors (Lipinski definition) is 2. The fraction of sp³-hybridized carbons (Fsp3) is 0.188. The van der Waals surface area contributed by atoms with Gasteiger partial charge in [-0.25, -0.2) is 0 Å². The highest BCUT2D eigenvalue weighted by atomic mass is 35.5. The van der Waals surface area contributed by atoms with Gasteiger partial charge >= 0.3 is 0 Å². The molecule has 0 saturated carbocycles. The van der Waals surface area contributed by atoms with Gasteiger partial charge in [0.1, 0.15) is 16.5 Å². The van der Waals surface area contributed by atoms with E-state index >= 15 is 0 Å². The van der Waals surface area contributed by atoms with Crippen LogP contribution in [0.5, 0.6) is 11.5 Å². The van der Waals surface area contributed by atoms with Crippen molar-refractivity contribution in [3.8, 4) is 11.5 Å². The Hall–Kier alpha value is -1.58. The van der Waals surface area contributed by atoms with Crippen molar-refractivity contribution >= 4 is 28.8 Å². The van der Waals surface area contributed by atoms with Crippen LogP contribution in [0, 0.1) is 6.92 Å². The Kier molecular flexibility index (Phi) is 4.63. The molecular formula is C16H16ClNOS. The highest BCUT2D eigenvalue weighted by molar-refractivity contribution is 7.80. The SMILES string of the molecule is CCc1cc(Oc2cc(C)ccc2C(N)=S)ccc1Cl. The third-order valence-corrected chi connectivity index (χ3v) is 3.62. The number of halogens is 1. The molecule has 104 valence electrons. The lowest BCUT2D eigenvalue weighted by Crippen LogP contribution is -2.10. The van der Waals surface area contributed by atoms with Crippen LogP contribution < -0.4 is 10.5 Å². The maximum Gasteiger partial charge on any atom is 0.137 e. The van der Waals surface area contributed by atoms with E-state index in [0.29, 0.717) is 10.7 Å². The van der Waals surface area contributed by atoms with Gasteiger partial charge in [0, 0.05) is 5.02 Å². The van der Waals surface area contributed by atoms with E-state index in [1.807, 2.05) is 43.3 Å². The Morgan fingerprint density at radius 1 is 1.25 bits per heavy atom. The minimum Gasteiger partial charge on any atom is -0.457 e. The molecular weight excluding hydrogens is 290 g/mol. The highest BCUT2D eigenvalue weighted by Crippen LogP contribution is 2.29. The normalized spacial score (nSPS) is 10.3. The van der Waals surface area contributed by atoms with Crippen molar-refractivity contribution in [3.05, 3.63) is 58.1 Å². The van der Waals surface area contributed by atoms with Crippen LogP contribution in [0.3, 0.4) is 0 Å². The molecule has 4 heteroatoms. The van der Waals surface area contributed by atoms with Gasteiger partial charge < -0.3 is 10.5 Å². The monoisotopic (exact) mass is 305 g/mol. The molecule has 2 aromatic carbocycles. The van der Waals surface area contributed by atoms with Gasteiger partial charge in [0.25, 0.3) is 0 Å². The average Bonchev–Trinajstić information content (AvgIpc) is 2.40. The molecule has 0 atom stereocenters. The quantitative estimate of drug-likeness (QED) is 0.836. The van der Waals surface area contributed by atoms with E-state index in [9.17, 15) is 0 Å². The Morgan fingerprint density at radius 3 is 2.65 bits per heavy atom. The summed E-state index contributed by atoms with van der Waals surface area (Å²) in [6, 6.07) is 11.4. The molecule has 0 aromatic heterocycles. The summed E-state index contributed by atoms with van der Waals surface area (Å²) in [6.45, 7) is 4.05. The van der Waals surface area contributed by atoms with E-state index in [1.165, 1.54) is 0 Å². The Bertz CT molecular complexity index is 655. The third-order valence-electron chi connectivity index (χ3n) is 3.03. The molecule has 2 N–H and O–H groups in total. The van der Waals surface area contributed by atoms with Gasteiger partial charge in [-0.1, -0.05) is 36.8 Å². The zero-order valence-electron chi connectivity index (χ0n) is 11.4. The summed E-state index contributed by atoms with van der Waals surface area (Å²) in [5.74, 6) is 1.40. The molecule has 0 aliphatic heterocycles. The molecule has 0 unspecified atom stereocenters. The zero-order chi connectivity index (χ0) is 14.7. The summed E-state index contributed by atoms with van der Waals surface area (Å²) in [5.41, 5.74) is 8.60. The standard InChI is InChI=1S/C16H16ClNOS/c1-3-11-9-12(5-7-14(11)17)19-15-8-10(2)4-6-13(15)16(18)20/h4-9H,3H2,1-2H3,(H2,18,20). The van der Waals surface area contributed by atoms with Crippen molar-refractivity contribution < 1.29 is 4.74 Å². The van der Waals surface area contributed by atoms with Gasteiger partial charge in [-0.05, 0) is 54.8 Å². The lowest BCUT2D eigenvalue weighted by molar-refractivity contribution is 0.480. The van der Waals surface area contributed by atoms with Crippen LogP contribution >= 0.6 is 23.8 Å². The molecule has 2 aromatic rings. The van der Waals surface area contributed by atoms with Gasteiger partial charge in [0.15, 0.2) is 0 Å². The summed E-state index contributed by atoms with van der Waals surface area (Å²) < 4.78 is 5.92. The second-order valence-electron chi connectivity index (χ2n) is 4.57. The second kappa shape index (κ2) is 6.25. The number of rotatable bonds is 4. The van der Waals surface area contributed by atoms with Crippen molar-refractivity contribution in [1.29, 1.82) is 0 Å². The van der Waals surface area contributed by atoms with E-state index in [4.69, 9.17) is 34.3 Å². The van der Waals surface area contributed by atoms with E-state index in [-0.39, 0.29) is 0 Å². The predicted molar refractivity (Wildman–Crippen MR) is 88.0 cm³/mol. The Labute approximate surface area is 129 Å². The van der Waals surface area contributed by atoms with Crippen LogP contribution in [0.1, 0.15) is 23.6 Å². The van der Waals surface area contributed by atoms with Crippen LogP contribution in [0.15, 0.2) is 36.4 Å². The van der Waals surface area contributed by atoms with E-state index < -0.39 is 0 Å². The first kappa shape index (κ1) is 14.8. The van der Waals surface area contributed by atoms with Gasteiger partial charge in [0.05, 0.1) is 5.56 Å². The maximum atomic E-state index is 6.11. The molecule has 0 aliphatic rings. The van der Waals surface area contributed by atoms with E-state index in [2.05, 4.69) is 6.92 Å². The Balaban J connectivity index is 2.39. The van der Waals surface area contributed by atoms with Crippen LogP contribution in [0.2, 0.25) is 5.02 Å². The van der Waals surface area contributed by atoms with E-state index in [1.54, 1.807) is 0 Å². The van der Waals surface area contributed by atoms with Crippen molar-refractivity contribution in [2.24, 2.45) is 5.73 Å². The number of thiocarbonyl (C=S) groups is 1. The summed E-state index contributed by atoms with van der Waals surface area (Å²) in [5, 5.41) is 0.749. The minimum atomic E-state index is 0.324. The first-order chi connectivity index (χ1) is 9.51. The van der Waals surface area contributed by atoms with Gasteiger partial charge in [-0.3, -0.25) is 0 Å². The van der Waals surface area contributed by atoms with Crippen LogP contribution in [0.4, 0.5) is 0 Å². The van der Waals surface area contributed by atoms with Crippen LogP contribution in [-0.4, -0.2) is 4.99 Å². The smallest absolute Gasteiger partial charge is 0.137 e. The number of hydrogen-bond donors (Lipinski definition) is 1. The number of aryl methyl sites for hydroxylation is 2. The molecule has 0 bridgehead atoms. The molecule has 0 aliphatic carbocycles. The first-order valence-corrected chi connectivity index (χ1v) is 7.16. The third kappa shape index (κ3) is 3.30. The molecule has 0 heterocycles.